The van der Waals surface area contributed by atoms with Crippen molar-refractivity contribution in [2.45, 2.75) is 0 Å². The lowest BCUT2D eigenvalue weighted by Crippen LogP contribution is -1.93. The van der Waals surface area contributed by atoms with Gasteiger partial charge in [0, 0.05) is 65.8 Å². The summed E-state index contributed by atoms with van der Waals surface area (Å²) in [6.45, 7) is 7.66. The highest BCUT2D eigenvalue weighted by Gasteiger charge is 2.26. The topological polar surface area (TPSA) is 64.3 Å². The third-order valence-electron chi connectivity index (χ3n) is 22.5. The van der Waals surface area contributed by atoms with Crippen molar-refractivity contribution in [1.82, 2.24) is 9.13 Å². The normalized spacial score (nSPS) is 11.9. The molecule has 0 spiro atoms. The minimum Gasteiger partial charge on any atom is -0.455 e. The number of furan rings is 2. The minimum absolute atomic E-state index is 0.645. The first kappa shape index (κ1) is 60.7. The molecule has 0 saturated heterocycles. The second-order valence-corrected chi connectivity index (χ2v) is 28.3. The Hall–Kier alpha value is -14.8. The summed E-state index contributed by atoms with van der Waals surface area (Å²) in [7, 11) is 0. The van der Waals surface area contributed by atoms with Crippen molar-refractivity contribution >= 4 is 169 Å². The predicted molar refractivity (Wildman–Crippen MR) is 451 cm³/mol. The first-order valence-electron chi connectivity index (χ1n) is 36.5. The molecule has 0 atom stereocenters. The molecule has 0 unspecified atom stereocenters. The summed E-state index contributed by atoms with van der Waals surface area (Å²) in [5, 5.41) is 35.6. The predicted octanol–water partition coefficient (Wildman–Crippen LogP) is 28.5. The fourth-order valence-electron chi connectivity index (χ4n) is 17.7. The Morgan fingerprint density at radius 2 is 0.648 bits per heavy atom. The molecule has 0 radical (unpaired) electrons. The first-order chi connectivity index (χ1) is 53.5. The van der Waals surface area contributed by atoms with Crippen LogP contribution in [0.5, 0.6) is 0 Å². The molecule has 4 heterocycles. The molecular formula is C102H58N4O2. The average molecular weight is 1370 g/mol. The van der Waals surface area contributed by atoms with Gasteiger partial charge in [0.2, 0.25) is 0 Å². The van der Waals surface area contributed by atoms with Crippen LogP contribution in [0.15, 0.2) is 361 Å². The summed E-state index contributed by atoms with van der Waals surface area (Å²) in [5.74, 6) is 0. The maximum atomic E-state index is 9.93. The van der Waals surface area contributed by atoms with Gasteiger partial charge in [-0.2, -0.15) is 5.26 Å². The van der Waals surface area contributed by atoms with Gasteiger partial charge in [-0.3, -0.25) is 0 Å². The second kappa shape index (κ2) is 23.9. The smallest absolute Gasteiger partial charge is 0.188 e. The van der Waals surface area contributed by atoms with Gasteiger partial charge in [-0.05, 0) is 224 Å². The summed E-state index contributed by atoms with van der Waals surface area (Å²) in [6, 6.07) is 128. The first-order valence-corrected chi connectivity index (χ1v) is 36.5. The van der Waals surface area contributed by atoms with E-state index in [0.29, 0.717) is 11.3 Å². The van der Waals surface area contributed by atoms with Gasteiger partial charge in [0.05, 0.1) is 40.3 Å². The maximum absolute atomic E-state index is 9.93. The Labute approximate surface area is 618 Å². The van der Waals surface area contributed by atoms with E-state index in [-0.39, 0.29) is 0 Å². The van der Waals surface area contributed by atoms with E-state index in [2.05, 4.69) is 335 Å². The van der Waals surface area contributed by atoms with Crippen LogP contribution in [0.3, 0.4) is 0 Å². The summed E-state index contributed by atoms with van der Waals surface area (Å²) in [5.41, 5.74) is 20.6. The fraction of sp³-hybridized carbons (Fsp3) is 0. The Morgan fingerprint density at radius 1 is 0.269 bits per heavy atom. The van der Waals surface area contributed by atoms with Crippen molar-refractivity contribution < 1.29 is 8.83 Å². The second-order valence-electron chi connectivity index (χ2n) is 28.3. The number of rotatable bonds is 6. The van der Waals surface area contributed by atoms with Crippen molar-refractivity contribution in [3.8, 4) is 62.0 Å². The zero-order valence-corrected chi connectivity index (χ0v) is 58.1. The Balaban J connectivity index is 0.000000134. The number of nitriles is 1. The van der Waals surface area contributed by atoms with Gasteiger partial charge in [-0.25, -0.2) is 4.85 Å². The summed E-state index contributed by atoms with van der Waals surface area (Å²) in [4.78, 5) is 3.74. The van der Waals surface area contributed by atoms with Gasteiger partial charge in [-0.1, -0.05) is 237 Å². The lowest BCUT2D eigenvalue weighted by molar-refractivity contribution is 0.670. The Kier molecular flexibility index (Phi) is 13.4. The van der Waals surface area contributed by atoms with Crippen LogP contribution in [-0.4, -0.2) is 9.13 Å². The van der Waals surface area contributed by atoms with Crippen molar-refractivity contribution in [3.05, 3.63) is 369 Å². The molecule has 0 aliphatic carbocycles. The molecule has 6 nitrogen and oxygen atoms in total. The lowest BCUT2D eigenvalue weighted by atomic mass is 9.84. The van der Waals surface area contributed by atoms with E-state index in [1.165, 1.54) is 97.3 Å². The molecule has 498 valence electrons. The van der Waals surface area contributed by atoms with E-state index in [1.807, 2.05) is 36.4 Å². The van der Waals surface area contributed by atoms with Crippen LogP contribution in [0.2, 0.25) is 0 Å². The van der Waals surface area contributed by atoms with Gasteiger partial charge in [-0.15, -0.1) is 0 Å². The van der Waals surface area contributed by atoms with E-state index in [4.69, 9.17) is 15.4 Å². The van der Waals surface area contributed by atoms with Gasteiger partial charge in [0.15, 0.2) is 5.69 Å². The standard InChI is InChI=1S/C53H30N2O.C49H28N2O/c54-31-32-22-25-46-43(28-32)44-30-35(23-26-47(44)55(46)36-14-2-1-3-15-36)49-39-18-8-10-20-41(39)50(42-21-11-9-19-40(42)49)45-29-34-13-5-7-17-38(34)52-51-37-16-6-4-12-33(37)24-27-48(51)56-53(45)52;1-50-37-21-23-45-43(29-37)42-27-34(19-22-44(42)51(45)38-11-3-2-4-12-38)32-15-16-33-26-36(18-17-31(33)25-32)41-28-35-10-6-8-14-40(35)48-47-39-13-7-5-9-30(39)20-24-46(47)52-49(41)48/h1-30H;2-29H. The summed E-state index contributed by atoms with van der Waals surface area (Å²) in [6.07, 6.45) is 0. The van der Waals surface area contributed by atoms with Crippen molar-refractivity contribution in [2.75, 3.05) is 0 Å². The molecule has 0 bridgehead atoms. The largest absolute Gasteiger partial charge is 0.455 e. The van der Waals surface area contributed by atoms with Crippen LogP contribution < -0.4 is 0 Å². The molecule has 23 rings (SSSR count). The molecule has 0 fully saturated rings. The Bertz CT molecular complexity index is 7840. The number of para-hydroxylation sites is 2. The third-order valence-corrected chi connectivity index (χ3v) is 22.5. The molecular weight excluding hydrogens is 1310 g/mol. The molecule has 0 aliphatic heterocycles. The molecule has 0 saturated carbocycles. The van der Waals surface area contributed by atoms with Crippen LogP contribution in [-0.2, 0) is 0 Å². The van der Waals surface area contributed by atoms with Crippen LogP contribution in [0.25, 0.3) is 224 Å². The van der Waals surface area contributed by atoms with Crippen molar-refractivity contribution in [1.29, 1.82) is 5.26 Å². The van der Waals surface area contributed by atoms with Gasteiger partial charge in [0.25, 0.3) is 0 Å². The number of fused-ring (bicyclic) bond motifs is 23. The number of hydrogen-bond acceptors (Lipinski definition) is 3. The van der Waals surface area contributed by atoms with E-state index in [9.17, 15) is 5.26 Å². The molecule has 0 aliphatic rings. The number of nitrogens with zero attached hydrogens (tertiary/aromatic N) is 4. The fourth-order valence-corrected chi connectivity index (χ4v) is 17.7. The number of benzene rings is 19. The zero-order chi connectivity index (χ0) is 71.2. The van der Waals surface area contributed by atoms with E-state index < -0.39 is 0 Å². The molecule has 108 heavy (non-hydrogen) atoms. The van der Waals surface area contributed by atoms with Crippen LogP contribution in [0, 0.1) is 17.9 Å². The third kappa shape index (κ3) is 9.25. The highest BCUT2D eigenvalue weighted by Crippen LogP contribution is 2.51. The quantitative estimate of drug-likeness (QED) is 0.123. The highest BCUT2D eigenvalue weighted by atomic mass is 16.3. The molecule has 0 N–H and O–H groups in total. The van der Waals surface area contributed by atoms with Crippen molar-refractivity contribution in [3.63, 3.8) is 0 Å². The number of hydrogen-bond donors (Lipinski definition) is 0. The van der Waals surface area contributed by atoms with Crippen LogP contribution in [0.1, 0.15) is 5.56 Å². The summed E-state index contributed by atoms with van der Waals surface area (Å²) >= 11 is 0. The number of aromatic nitrogens is 2. The molecule has 4 aromatic heterocycles. The SMILES string of the molecule is N#Cc1ccc2c(c1)c1cc(-c3c4ccccc4c(-c4cc5ccccc5c5c4oc4ccc6ccccc6c45)c4ccccc34)ccc1n2-c1ccccc1.[C-]#[N+]c1ccc2c(c1)c1cc(-c3ccc4cc(-c5cc6ccccc6c6c5oc5ccc7ccccc7c56)ccc4c3)ccc1n2-c1ccccc1. The van der Waals surface area contributed by atoms with Gasteiger partial charge < -0.3 is 18.0 Å². The average Bonchev–Trinajstić information content (AvgIpc) is 1.39. The van der Waals surface area contributed by atoms with Crippen LogP contribution in [0.4, 0.5) is 5.69 Å². The van der Waals surface area contributed by atoms with Gasteiger partial charge >= 0.3 is 0 Å². The van der Waals surface area contributed by atoms with Crippen LogP contribution >= 0.6 is 0 Å². The molecule has 6 heteroatoms. The molecule has 23 aromatic rings. The zero-order valence-electron chi connectivity index (χ0n) is 58.1. The monoisotopic (exact) mass is 1370 g/mol. The lowest BCUT2D eigenvalue weighted by Gasteiger charge is -2.18. The van der Waals surface area contributed by atoms with E-state index in [1.54, 1.807) is 0 Å². The summed E-state index contributed by atoms with van der Waals surface area (Å²) < 4.78 is 18.3. The Morgan fingerprint density at radius 3 is 1.19 bits per heavy atom. The maximum Gasteiger partial charge on any atom is 0.188 e. The molecule has 0 amide bonds. The van der Waals surface area contributed by atoms with E-state index >= 15 is 0 Å². The highest BCUT2D eigenvalue weighted by molar-refractivity contribution is 6.33. The van der Waals surface area contributed by atoms with E-state index in [0.717, 1.165) is 121 Å². The van der Waals surface area contributed by atoms with Crippen molar-refractivity contribution in [2.24, 2.45) is 0 Å². The molecule has 19 aromatic carbocycles. The van der Waals surface area contributed by atoms with Gasteiger partial charge in [0.1, 0.15) is 22.3 Å². The minimum atomic E-state index is 0.645.